The van der Waals surface area contributed by atoms with Crippen LogP contribution >= 0.6 is 0 Å². The molecule has 0 aromatic heterocycles. The molecule has 0 aliphatic heterocycles. The zero-order valence-electron chi connectivity index (χ0n) is 9.37. The highest BCUT2D eigenvalue weighted by Gasteiger charge is 2.00. The van der Waals surface area contributed by atoms with Crippen molar-refractivity contribution in [3.05, 3.63) is 54.3 Å². The van der Waals surface area contributed by atoms with Gasteiger partial charge in [-0.05, 0) is 29.3 Å². The van der Waals surface area contributed by atoms with Gasteiger partial charge in [-0.25, -0.2) is 4.39 Å². The van der Waals surface area contributed by atoms with Crippen molar-refractivity contribution in [2.24, 2.45) is 0 Å². The summed E-state index contributed by atoms with van der Waals surface area (Å²) < 4.78 is 13.0. The van der Waals surface area contributed by atoms with Crippen molar-refractivity contribution in [3.8, 4) is 11.1 Å². The summed E-state index contributed by atoms with van der Waals surface area (Å²) in [7, 11) is 3.98. The van der Waals surface area contributed by atoms with Gasteiger partial charge in [0.2, 0.25) is 0 Å². The number of hydrogen-bond acceptors (Lipinski definition) is 1. The van der Waals surface area contributed by atoms with Gasteiger partial charge in [0.25, 0.3) is 0 Å². The number of nitrogens with zero attached hydrogens (tertiary/aromatic N) is 1. The van der Waals surface area contributed by atoms with Crippen molar-refractivity contribution >= 4 is 5.69 Å². The van der Waals surface area contributed by atoms with Crippen LogP contribution in [0, 0.1) is 11.9 Å². The van der Waals surface area contributed by atoms with Gasteiger partial charge >= 0.3 is 0 Å². The van der Waals surface area contributed by atoms with Crippen LogP contribution in [0.3, 0.4) is 0 Å². The summed E-state index contributed by atoms with van der Waals surface area (Å²) in [5.41, 5.74) is 2.88. The molecule has 0 saturated carbocycles. The Morgan fingerprint density at radius 1 is 1.00 bits per heavy atom. The Morgan fingerprint density at radius 3 is 2.25 bits per heavy atom. The summed E-state index contributed by atoms with van der Waals surface area (Å²) in [5, 5.41) is 0. The Hall–Kier alpha value is -1.83. The SMILES string of the molecule is CN(C)c1ccc(-c2[c]c(F)ccc2)cc1. The molecule has 0 atom stereocenters. The van der Waals surface area contributed by atoms with Gasteiger partial charge in [-0.2, -0.15) is 0 Å². The van der Waals surface area contributed by atoms with Gasteiger partial charge in [0, 0.05) is 25.8 Å². The Morgan fingerprint density at radius 2 is 1.69 bits per heavy atom. The van der Waals surface area contributed by atoms with Crippen LogP contribution in [0.15, 0.2) is 42.5 Å². The second kappa shape index (κ2) is 4.35. The molecule has 0 aliphatic carbocycles. The molecule has 1 radical (unpaired) electrons. The van der Waals surface area contributed by atoms with Gasteiger partial charge in [-0.1, -0.05) is 24.3 Å². The lowest BCUT2D eigenvalue weighted by Gasteiger charge is -2.12. The van der Waals surface area contributed by atoms with E-state index in [1.165, 1.54) is 6.07 Å². The Labute approximate surface area is 95.1 Å². The van der Waals surface area contributed by atoms with E-state index in [0.29, 0.717) is 0 Å². The van der Waals surface area contributed by atoms with Crippen LogP contribution in [0.4, 0.5) is 10.1 Å². The van der Waals surface area contributed by atoms with Gasteiger partial charge < -0.3 is 4.90 Å². The van der Waals surface area contributed by atoms with Crippen molar-refractivity contribution in [2.75, 3.05) is 19.0 Å². The van der Waals surface area contributed by atoms with E-state index in [1.54, 1.807) is 6.07 Å². The predicted molar refractivity (Wildman–Crippen MR) is 65.0 cm³/mol. The van der Waals surface area contributed by atoms with E-state index in [4.69, 9.17) is 0 Å². The topological polar surface area (TPSA) is 3.24 Å². The van der Waals surface area contributed by atoms with E-state index in [9.17, 15) is 4.39 Å². The van der Waals surface area contributed by atoms with Crippen molar-refractivity contribution in [3.63, 3.8) is 0 Å². The fraction of sp³-hybridized carbons (Fsp3) is 0.143. The first-order valence-corrected chi connectivity index (χ1v) is 5.12. The molecule has 0 fully saturated rings. The molecule has 0 aliphatic rings. The average molecular weight is 214 g/mol. The van der Waals surface area contributed by atoms with Gasteiger partial charge in [0.1, 0.15) is 5.82 Å². The first-order chi connectivity index (χ1) is 7.66. The van der Waals surface area contributed by atoms with Gasteiger partial charge in [-0.15, -0.1) is 0 Å². The second-order valence-electron chi connectivity index (χ2n) is 3.85. The van der Waals surface area contributed by atoms with Crippen molar-refractivity contribution < 1.29 is 4.39 Å². The fourth-order valence-electron chi connectivity index (χ4n) is 1.55. The highest BCUT2D eigenvalue weighted by atomic mass is 19.1. The number of benzene rings is 2. The average Bonchev–Trinajstić information content (AvgIpc) is 2.29. The Balaban J connectivity index is 2.35. The normalized spacial score (nSPS) is 10.2. The summed E-state index contributed by atoms with van der Waals surface area (Å²) in [6, 6.07) is 15.6. The van der Waals surface area contributed by atoms with Crippen LogP contribution in [0.25, 0.3) is 11.1 Å². The maximum atomic E-state index is 13.0. The molecule has 0 saturated heterocycles. The summed E-state index contributed by atoms with van der Waals surface area (Å²) >= 11 is 0. The maximum absolute atomic E-state index is 13.0. The van der Waals surface area contributed by atoms with Crippen LogP contribution in [-0.2, 0) is 0 Å². The van der Waals surface area contributed by atoms with Crippen molar-refractivity contribution in [1.82, 2.24) is 0 Å². The molecule has 2 aromatic rings. The first-order valence-electron chi connectivity index (χ1n) is 5.12. The molecule has 0 N–H and O–H groups in total. The Bertz CT molecular complexity index is 474. The molecular weight excluding hydrogens is 201 g/mol. The molecule has 0 spiro atoms. The monoisotopic (exact) mass is 214 g/mol. The number of hydrogen-bond donors (Lipinski definition) is 0. The molecule has 81 valence electrons. The second-order valence-corrected chi connectivity index (χ2v) is 3.85. The third-order valence-corrected chi connectivity index (χ3v) is 2.45. The largest absolute Gasteiger partial charge is 0.378 e. The first kappa shape index (κ1) is 10.7. The molecule has 2 aromatic carbocycles. The van der Waals surface area contributed by atoms with Gasteiger partial charge in [-0.3, -0.25) is 0 Å². The summed E-state index contributed by atoms with van der Waals surface area (Å²) in [4.78, 5) is 2.03. The third kappa shape index (κ3) is 2.22. The maximum Gasteiger partial charge on any atom is 0.131 e. The minimum atomic E-state index is -0.325. The highest BCUT2D eigenvalue weighted by molar-refractivity contribution is 5.65. The van der Waals surface area contributed by atoms with Crippen LogP contribution < -0.4 is 4.90 Å². The van der Waals surface area contributed by atoms with Crippen molar-refractivity contribution in [1.29, 1.82) is 0 Å². The predicted octanol–water partition coefficient (Wildman–Crippen LogP) is 3.36. The van der Waals surface area contributed by atoms with Gasteiger partial charge in [0.15, 0.2) is 0 Å². The lowest BCUT2D eigenvalue weighted by Crippen LogP contribution is -2.07. The smallest absolute Gasteiger partial charge is 0.131 e. The zero-order chi connectivity index (χ0) is 11.5. The standard InChI is InChI=1S/C14H13FN/c1-16(2)14-8-6-11(7-9-14)12-4-3-5-13(15)10-12/h3-9H,1-2H3. The van der Waals surface area contributed by atoms with Crippen LogP contribution in [-0.4, -0.2) is 14.1 Å². The summed E-state index contributed by atoms with van der Waals surface area (Å²) in [6.45, 7) is 0. The lowest BCUT2D eigenvalue weighted by atomic mass is 10.1. The minimum Gasteiger partial charge on any atom is -0.378 e. The molecule has 0 amide bonds. The van der Waals surface area contributed by atoms with Crippen LogP contribution in [0.2, 0.25) is 0 Å². The molecule has 0 unspecified atom stereocenters. The van der Waals surface area contributed by atoms with E-state index in [0.717, 1.165) is 16.8 Å². The number of halogens is 1. The number of rotatable bonds is 2. The van der Waals surface area contributed by atoms with Gasteiger partial charge in [0.05, 0.1) is 0 Å². The molecule has 0 bridgehead atoms. The molecular formula is C14H13FN. The van der Waals surface area contributed by atoms with E-state index in [2.05, 4.69) is 6.07 Å². The zero-order valence-corrected chi connectivity index (χ0v) is 9.37. The summed E-state index contributed by atoms with van der Waals surface area (Å²) in [6.07, 6.45) is 0. The molecule has 16 heavy (non-hydrogen) atoms. The van der Waals surface area contributed by atoms with Crippen LogP contribution in [0.5, 0.6) is 0 Å². The minimum absolute atomic E-state index is 0.325. The lowest BCUT2D eigenvalue weighted by molar-refractivity contribution is 0.626. The van der Waals surface area contributed by atoms with E-state index < -0.39 is 0 Å². The molecule has 1 nitrogen and oxygen atoms in total. The van der Waals surface area contributed by atoms with Crippen LogP contribution in [0.1, 0.15) is 0 Å². The molecule has 0 heterocycles. The number of anilines is 1. The van der Waals surface area contributed by atoms with E-state index >= 15 is 0 Å². The molecule has 2 rings (SSSR count). The Kier molecular flexibility index (Phi) is 2.91. The highest BCUT2D eigenvalue weighted by Crippen LogP contribution is 2.22. The third-order valence-electron chi connectivity index (χ3n) is 2.45. The van der Waals surface area contributed by atoms with E-state index in [-0.39, 0.29) is 5.82 Å². The quantitative estimate of drug-likeness (QED) is 0.741. The van der Waals surface area contributed by atoms with E-state index in [1.807, 2.05) is 49.3 Å². The van der Waals surface area contributed by atoms with Crippen molar-refractivity contribution in [2.45, 2.75) is 0 Å². The summed E-state index contributed by atoms with van der Waals surface area (Å²) in [5.74, 6) is -0.325. The molecule has 2 heteroatoms. The fourth-order valence-corrected chi connectivity index (χ4v) is 1.55.